The van der Waals surface area contributed by atoms with Crippen molar-refractivity contribution in [1.82, 2.24) is 5.32 Å². The molecule has 6 heteroatoms. The smallest absolute Gasteiger partial charge is 0.341 e. The highest BCUT2D eigenvalue weighted by Gasteiger charge is 2.16. The van der Waals surface area contributed by atoms with Crippen molar-refractivity contribution in [1.29, 1.82) is 0 Å². The number of nitrogens with one attached hydrogen (secondary N) is 1. The van der Waals surface area contributed by atoms with Crippen LogP contribution in [0.2, 0.25) is 0 Å². The fourth-order valence-corrected chi connectivity index (χ4v) is 2.28. The van der Waals surface area contributed by atoms with Crippen molar-refractivity contribution in [3.05, 3.63) is 71.3 Å². The van der Waals surface area contributed by atoms with E-state index in [1.165, 1.54) is 5.56 Å². The fourth-order valence-electron chi connectivity index (χ4n) is 2.28. The highest BCUT2D eigenvalue weighted by molar-refractivity contribution is 5.91. The lowest BCUT2D eigenvalue weighted by Crippen LogP contribution is -2.36. The number of carbonyl (C=O) groups excluding carboxylic acids is 2. The number of esters is 1. The van der Waals surface area contributed by atoms with Crippen LogP contribution in [-0.4, -0.2) is 24.5 Å². The van der Waals surface area contributed by atoms with Crippen LogP contribution in [0.5, 0.6) is 0 Å². The van der Waals surface area contributed by atoms with Gasteiger partial charge in [-0.2, -0.15) is 0 Å². The van der Waals surface area contributed by atoms with E-state index in [1.807, 2.05) is 37.3 Å². The molecule has 0 radical (unpaired) electrons. The van der Waals surface area contributed by atoms with E-state index < -0.39 is 35.7 Å². The van der Waals surface area contributed by atoms with Crippen molar-refractivity contribution in [2.45, 2.75) is 25.8 Å². The Bertz CT molecular complexity index is 735. The molecular weight excluding hydrogens is 328 g/mol. The molecule has 2 aromatic carbocycles. The van der Waals surface area contributed by atoms with Crippen LogP contribution in [0.3, 0.4) is 0 Å². The summed E-state index contributed by atoms with van der Waals surface area (Å²) in [6.45, 7) is 1.33. The van der Waals surface area contributed by atoms with Crippen molar-refractivity contribution in [3.63, 3.8) is 0 Å². The monoisotopic (exact) mass is 347 g/mol. The zero-order chi connectivity index (χ0) is 18.2. The SMILES string of the molecule is C[C@H](CCc1ccccc1)NC(=O)COC(=O)c1ccc(F)cc1F. The molecule has 2 rings (SSSR count). The molecule has 1 N–H and O–H groups in total. The number of amides is 1. The van der Waals surface area contributed by atoms with Gasteiger partial charge in [-0.15, -0.1) is 0 Å². The van der Waals surface area contributed by atoms with Gasteiger partial charge in [0.15, 0.2) is 6.61 Å². The van der Waals surface area contributed by atoms with Crippen LogP contribution in [-0.2, 0) is 16.0 Å². The molecule has 25 heavy (non-hydrogen) atoms. The number of hydrogen-bond donors (Lipinski definition) is 1. The standard InChI is InChI=1S/C19H19F2NO3/c1-13(7-8-14-5-3-2-4-6-14)22-18(23)12-25-19(24)16-10-9-15(20)11-17(16)21/h2-6,9-11,13H,7-8,12H2,1H3,(H,22,23)/t13-/m1/s1. The third-order valence-corrected chi connectivity index (χ3v) is 3.60. The molecule has 4 nitrogen and oxygen atoms in total. The summed E-state index contributed by atoms with van der Waals surface area (Å²) in [5.74, 6) is -3.30. The molecule has 2 aromatic rings. The van der Waals surface area contributed by atoms with Crippen molar-refractivity contribution >= 4 is 11.9 Å². The Hall–Kier alpha value is -2.76. The maximum absolute atomic E-state index is 13.5. The van der Waals surface area contributed by atoms with Crippen LogP contribution < -0.4 is 5.32 Å². The first-order chi connectivity index (χ1) is 12.0. The van der Waals surface area contributed by atoms with E-state index in [0.717, 1.165) is 25.0 Å². The predicted octanol–water partition coefficient (Wildman–Crippen LogP) is 3.26. The first-order valence-electron chi connectivity index (χ1n) is 7.91. The Morgan fingerprint density at radius 3 is 2.52 bits per heavy atom. The molecule has 0 aliphatic heterocycles. The molecule has 1 amide bonds. The number of ether oxygens (including phenoxy) is 1. The van der Waals surface area contributed by atoms with Crippen LogP contribution in [0.4, 0.5) is 8.78 Å². The van der Waals surface area contributed by atoms with Crippen LogP contribution in [0.15, 0.2) is 48.5 Å². The average molecular weight is 347 g/mol. The summed E-state index contributed by atoms with van der Waals surface area (Å²) < 4.78 is 31.0. The van der Waals surface area contributed by atoms with Gasteiger partial charge in [0.1, 0.15) is 11.6 Å². The first-order valence-corrected chi connectivity index (χ1v) is 7.91. The van der Waals surface area contributed by atoms with Crippen molar-refractivity contribution in [2.75, 3.05) is 6.61 Å². The van der Waals surface area contributed by atoms with E-state index in [9.17, 15) is 18.4 Å². The number of halogens is 2. The van der Waals surface area contributed by atoms with E-state index >= 15 is 0 Å². The van der Waals surface area contributed by atoms with E-state index in [4.69, 9.17) is 4.74 Å². The molecule has 0 bridgehead atoms. The van der Waals surface area contributed by atoms with Gasteiger partial charge in [-0.25, -0.2) is 13.6 Å². The minimum Gasteiger partial charge on any atom is -0.452 e. The summed E-state index contributed by atoms with van der Waals surface area (Å²) in [6.07, 6.45) is 1.54. The van der Waals surface area contributed by atoms with Crippen LogP contribution in [0, 0.1) is 11.6 Å². The topological polar surface area (TPSA) is 55.4 Å². The lowest BCUT2D eigenvalue weighted by molar-refractivity contribution is -0.124. The highest BCUT2D eigenvalue weighted by Crippen LogP contribution is 2.11. The van der Waals surface area contributed by atoms with Crippen LogP contribution >= 0.6 is 0 Å². The molecule has 0 aliphatic carbocycles. The van der Waals surface area contributed by atoms with E-state index in [1.54, 1.807) is 0 Å². The quantitative estimate of drug-likeness (QED) is 0.782. The summed E-state index contributed by atoms with van der Waals surface area (Å²) in [5, 5.41) is 2.71. The van der Waals surface area contributed by atoms with Crippen LogP contribution in [0.25, 0.3) is 0 Å². The Balaban J connectivity index is 1.75. The minimum absolute atomic E-state index is 0.103. The second-order valence-corrected chi connectivity index (χ2v) is 5.69. The van der Waals surface area contributed by atoms with Crippen LogP contribution in [0.1, 0.15) is 29.3 Å². The Labute approximate surface area is 144 Å². The van der Waals surface area contributed by atoms with Gasteiger partial charge < -0.3 is 10.1 Å². The highest BCUT2D eigenvalue weighted by atomic mass is 19.1. The summed E-state index contributed by atoms with van der Waals surface area (Å²) in [4.78, 5) is 23.5. The molecule has 0 saturated carbocycles. The first kappa shape index (κ1) is 18.6. The van der Waals surface area contributed by atoms with Gasteiger partial charge in [-0.1, -0.05) is 30.3 Å². The molecule has 0 aliphatic rings. The van der Waals surface area contributed by atoms with Gasteiger partial charge in [-0.3, -0.25) is 4.79 Å². The fraction of sp³-hybridized carbons (Fsp3) is 0.263. The van der Waals surface area contributed by atoms with Gasteiger partial charge in [0.25, 0.3) is 5.91 Å². The maximum Gasteiger partial charge on any atom is 0.341 e. The molecule has 0 aromatic heterocycles. The normalized spacial score (nSPS) is 11.6. The second-order valence-electron chi connectivity index (χ2n) is 5.69. The molecular formula is C19H19F2NO3. The largest absolute Gasteiger partial charge is 0.452 e. The summed E-state index contributed by atoms with van der Waals surface area (Å²) in [6, 6.07) is 12.3. The third kappa shape index (κ3) is 5.99. The molecule has 0 saturated heterocycles. The molecule has 0 spiro atoms. The number of carbonyl (C=O) groups is 2. The van der Waals surface area contributed by atoms with Gasteiger partial charge in [0, 0.05) is 12.1 Å². The minimum atomic E-state index is -1.03. The van der Waals surface area contributed by atoms with E-state index in [0.29, 0.717) is 6.07 Å². The van der Waals surface area contributed by atoms with Gasteiger partial charge >= 0.3 is 5.97 Å². The molecule has 0 fully saturated rings. The molecule has 0 heterocycles. The van der Waals surface area contributed by atoms with E-state index in [-0.39, 0.29) is 6.04 Å². The summed E-state index contributed by atoms with van der Waals surface area (Å²) in [5.41, 5.74) is 0.758. The van der Waals surface area contributed by atoms with Gasteiger partial charge in [0.05, 0.1) is 5.56 Å². The maximum atomic E-state index is 13.5. The van der Waals surface area contributed by atoms with E-state index in [2.05, 4.69) is 5.32 Å². The molecule has 1 atom stereocenters. The Kier molecular flexibility index (Phi) is 6.62. The number of rotatable bonds is 7. The van der Waals surface area contributed by atoms with Gasteiger partial charge in [-0.05, 0) is 37.5 Å². The molecule has 0 unspecified atom stereocenters. The Morgan fingerprint density at radius 2 is 1.84 bits per heavy atom. The second kappa shape index (κ2) is 8.92. The van der Waals surface area contributed by atoms with Crippen molar-refractivity contribution < 1.29 is 23.1 Å². The zero-order valence-electron chi connectivity index (χ0n) is 13.8. The third-order valence-electron chi connectivity index (χ3n) is 3.60. The summed E-state index contributed by atoms with van der Waals surface area (Å²) in [7, 11) is 0. The van der Waals surface area contributed by atoms with Gasteiger partial charge in [0.2, 0.25) is 0 Å². The summed E-state index contributed by atoms with van der Waals surface area (Å²) >= 11 is 0. The predicted molar refractivity (Wildman–Crippen MR) is 89.0 cm³/mol. The number of hydrogen-bond acceptors (Lipinski definition) is 3. The van der Waals surface area contributed by atoms with Crippen molar-refractivity contribution in [3.8, 4) is 0 Å². The zero-order valence-corrected chi connectivity index (χ0v) is 13.8. The lowest BCUT2D eigenvalue weighted by Gasteiger charge is -2.14. The lowest BCUT2D eigenvalue weighted by atomic mass is 10.1. The average Bonchev–Trinajstić information content (AvgIpc) is 2.59. The number of benzene rings is 2. The number of aryl methyl sites for hydroxylation is 1. The molecule has 132 valence electrons. The van der Waals surface area contributed by atoms with Crippen molar-refractivity contribution in [2.24, 2.45) is 0 Å². The Morgan fingerprint density at radius 1 is 1.12 bits per heavy atom.